The summed E-state index contributed by atoms with van der Waals surface area (Å²) in [5.41, 5.74) is 0. The number of ether oxygens (including phenoxy) is 1. The molecule has 1 N–H and O–H groups in total. The van der Waals surface area contributed by atoms with Crippen molar-refractivity contribution in [3.05, 3.63) is 30.3 Å². The van der Waals surface area contributed by atoms with Gasteiger partial charge in [-0.3, -0.25) is 4.79 Å². The van der Waals surface area contributed by atoms with E-state index in [1.807, 2.05) is 35.2 Å². The van der Waals surface area contributed by atoms with Gasteiger partial charge in [0.2, 0.25) is 5.91 Å². The lowest BCUT2D eigenvalue weighted by atomic mass is 9.93. The predicted octanol–water partition coefficient (Wildman–Crippen LogP) is 2.87. The van der Waals surface area contributed by atoms with E-state index < -0.39 is 0 Å². The number of carbonyl (C=O) groups excluding carboxylic acids is 1. The molecule has 0 atom stereocenters. The summed E-state index contributed by atoms with van der Waals surface area (Å²) in [5, 5.41) is 3.36. The molecule has 3 rings (SSSR count). The summed E-state index contributed by atoms with van der Waals surface area (Å²) in [6.45, 7) is 3.79. The molecule has 0 aliphatic carbocycles. The molecule has 2 saturated heterocycles. The fraction of sp³-hybridized carbons (Fsp3) is 0.611. The Kier molecular flexibility index (Phi) is 7.18. The minimum Gasteiger partial charge on any atom is -0.490 e. The average molecular weight is 339 g/mol. The molecule has 1 amide bonds. The second-order valence-electron chi connectivity index (χ2n) is 6.41. The minimum absolute atomic E-state index is 0. The van der Waals surface area contributed by atoms with Crippen molar-refractivity contribution in [2.75, 3.05) is 26.2 Å². The first kappa shape index (κ1) is 18.1. The van der Waals surface area contributed by atoms with Crippen LogP contribution in [-0.4, -0.2) is 43.1 Å². The first-order chi connectivity index (χ1) is 10.8. The molecule has 2 aliphatic rings. The van der Waals surface area contributed by atoms with E-state index in [4.69, 9.17) is 4.74 Å². The van der Waals surface area contributed by atoms with E-state index in [1.54, 1.807) is 0 Å². The van der Waals surface area contributed by atoms with Crippen LogP contribution in [0.4, 0.5) is 0 Å². The van der Waals surface area contributed by atoms with Crippen LogP contribution in [0, 0.1) is 5.92 Å². The van der Waals surface area contributed by atoms with Gasteiger partial charge in [-0.15, -0.1) is 12.4 Å². The number of amides is 1. The zero-order valence-corrected chi connectivity index (χ0v) is 14.4. The van der Waals surface area contributed by atoms with Gasteiger partial charge >= 0.3 is 0 Å². The second kappa shape index (κ2) is 9.14. The molecule has 1 aromatic carbocycles. The number of likely N-dealkylation sites (tertiary alicyclic amines) is 1. The molecule has 2 aliphatic heterocycles. The van der Waals surface area contributed by atoms with Crippen LogP contribution >= 0.6 is 12.4 Å². The molecule has 0 radical (unpaired) electrons. The van der Waals surface area contributed by atoms with Crippen LogP contribution in [0.25, 0.3) is 0 Å². The second-order valence-corrected chi connectivity index (χ2v) is 6.41. The van der Waals surface area contributed by atoms with Crippen LogP contribution in [0.3, 0.4) is 0 Å². The third-order valence-corrected chi connectivity index (χ3v) is 4.76. The molecule has 0 spiro atoms. The molecule has 1 aromatic rings. The number of rotatable bonds is 4. The standard InChI is InChI=1S/C18H26N2O2.ClH/c21-18(14-15-6-10-19-11-7-15)20-12-8-17(9-13-20)22-16-4-2-1-3-5-16;/h1-5,15,17,19H,6-14H2;1H. The summed E-state index contributed by atoms with van der Waals surface area (Å²) in [7, 11) is 0. The summed E-state index contributed by atoms with van der Waals surface area (Å²) < 4.78 is 5.99. The van der Waals surface area contributed by atoms with Crippen LogP contribution in [-0.2, 0) is 4.79 Å². The zero-order valence-electron chi connectivity index (χ0n) is 13.6. The van der Waals surface area contributed by atoms with E-state index in [-0.39, 0.29) is 18.5 Å². The highest BCUT2D eigenvalue weighted by Crippen LogP contribution is 2.21. The molecule has 2 fully saturated rings. The fourth-order valence-corrected chi connectivity index (χ4v) is 3.38. The Hall–Kier alpha value is -1.26. The van der Waals surface area contributed by atoms with Gasteiger partial charge in [0.05, 0.1) is 0 Å². The highest BCUT2D eigenvalue weighted by Gasteiger charge is 2.26. The van der Waals surface area contributed by atoms with Crippen LogP contribution < -0.4 is 10.1 Å². The first-order valence-corrected chi connectivity index (χ1v) is 8.51. The molecule has 5 heteroatoms. The van der Waals surface area contributed by atoms with Crippen molar-refractivity contribution in [2.24, 2.45) is 5.92 Å². The number of halogens is 1. The Labute approximate surface area is 145 Å². The van der Waals surface area contributed by atoms with Gasteiger partial charge in [0.25, 0.3) is 0 Å². The van der Waals surface area contributed by atoms with Gasteiger partial charge in [0.1, 0.15) is 11.9 Å². The molecule has 2 heterocycles. The van der Waals surface area contributed by atoms with Crippen molar-refractivity contribution in [3.8, 4) is 5.75 Å². The Bertz CT molecular complexity index is 469. The number of carbonyl (C=O) groups is 1. The van der Waals surface area contributed by atoms with E-state index in [0.717, 1.165) is 64.0 Å². The lowest BCUT2D eigenvalue weighted by Crippen LogP contribution is -2.43. The Morgan fingerprint density at radius 2 is 1.74 bits per heavy atom. The van der Waals surface area contributed by atoms with Crippen LogP contribution in [0.1, 0.15) is 32.1 Å². The van der Waals surface area contributed by atoms with E-state index in [1.165, 1.54) is 0 Å². The topological polar surface area (TPSA) is 41.6 Å². The van der Waals surface area contributed by atoms with Gasteiger partial charge in [-0.2, -0.15) is 0 Å². The highest BCUT2D eigenvalue weighted by atomic mass is 35.5. The third-order valence-electron chi connectivity index (χ3n) is 4.76. The third kappa shape index (κ3) is 5.40. The van der Waals surface area contributed by atoms with Crippen LogP contribution in [0.5, 0.6) is 5.75 Å². The molecule has 0 unspecified atom stereocenters. The van der Waals surface area contributed by atoms with Crippen LogP contribution in [0.15, 0.2) is 30.3 Å². The quantitative estimate of drug-likeness (QED) is 0.917. The SMILES string of the molecule is Cl.O=C(CC1CCNCC1)N1CCC(Oc2ccccc2)CC1. The maximum atomic E-state index is 12.4. The van der Waals surface area contributed by atoms with Crippen molar-refractivity contribution < 1.29 is 9.53 Å². The normalized spacial score (nSPS) is 19.9. The van der Waals surface area contributed by atoms with Crippen molar-refractivity contribution in [1.29, 1.82) is 0 Å². The molecule has 0 aromatic heterocycles. The highest BCUT2D eigenvalue weighted by molar-refractivity contribution is 5.85. The van der Waals surface area contributed by atoms with E-state index in [0.29, 0.717) is 11.8 Å². The van der Waals surface area contributed by atoms with Crippen molar-refractivity contribution in [1.82, 2.24) is 10.2 Å². The lowest BCUT2D eigenvalue weighted by molar-refractivity contribution is -0.134. The monoisotopic (exact) mass is 338 g/mol. The molecule has 4 nitrogen and oxygen atoms in total. The van der Waals surface area contributed by atoms with Gasteiger partial charge in [-0.05, 0) is 44.0 Å². The molecule has 0 bridgehead atoms. The Morgan fingerprint density at radius 1 is 1.09 bits per heavy atom. The predicted molar refractivity (Wildman–Crippen MR) is 94.1 cm³/mol. The van der Waals surface area contributed by atoms with Gasteiger partial charge in [-0.25, -0.2) is 0 Å². The van der Waals surface area contributed by atoms with E-state index in [9.17, 15) is 4.79 Å². The number of nitrogens with zero attached hydrogens (tertiary/aromatic N) is 1. The molecular weight excluding hydrogens is 312 g/mol. The van der Waals surface area contributed by atoms with Crippen LogP contribution in [0.2, 0.25) is 0 Å². The number of nitrogens with one attached hydrogen (secondary N) is 1. The molecular formula is C18H27ClN2O2. The summed E-state index contributed by atoms with van der Waals surface area (Å²) in [6, 6.07) is 9.97. The summed E-state index contributed by atoms with van der Waals surface area (Å²) in [6.07, 6.45) is 5.12. The number of hydrogen-bond acceptors (Lipinski definition) is 3. The van der Waals surface area contributed by atoms with E-state index >= 15 is 0 Å². The largest absolute Gasteiger partial charge is 0.490 e. The average Bonchev–Trinajstić information content (AvgIpc) is 2.57. The smallest absolute Gasteiger partial charge is 0.222 e. The summed E-state index contributed by atoms with van der Waals surface area (Å²) in [5.74, 6) is 1.85. The van der Waals surface area contributed by atoms with Crippen molar-refractivity contribution in [2.45, 2.75) is 38.2 Å². The number of para-hydroxylation sites is 1. The Balaban J connectivity index is 0.00000192. The number of hydrogen-bond donors (Lipinski definition) is 1. The number of benzene rings is 1. The maximum Gasteiger partial charge on any atom is 0.222 e. The fourth-order valence-electron chi connectivity index (χ4n) is 3.38. The zero-order chi connectivity index (χ0) is 15.2. The van der Waals surface area contributed by atoms with E-state index in [2.05, 4.69) is 5.32 Å². The van der Waals surface area contributed by atoms with Crippen molar-refractivity contribution >= 4 is 18.3 Å². The first-order valence-electron chi connectivity index (χ1n) is 8.51. The number of piperidine rings is 2. The maximum absolute atomic E-state index is 12.4. The van der Waals surface area contributed by atoms with Crippen molar-refractivity contribution in [3.63, 3.8) is 0 Å². The molecule has 0 saturated carbocycles. The summed E-state index contributed by atoms with van der Waals surface area (Å²) >= 11 is 0. The lowest BCUT2D eigenvalue weighted by Gasteiger charge is -2.33. The summed E-state index contributed by atoms with van der Waals surface area (Å²) in [4.78, 5) is 14.4. The van der Waals surface area contributed by atoms with Gasteiger partial charge in [0, 0.05) is 32.4 Å². The van der Waals surface area contributed by atoms with Gasteiger partial charge in [0.15, 0.2) is 0 Å². The Morgan fingerprint density at radius 3 is 2.39 bits per heavy atom. The molecule has 23 heavy (non-hydrogen) atoms. The van der Waals surface area contributed by atoms with Gasteiger partial charge < -0.3 is 15.0 Å². The minimum atomic E-state index is 0. The van der Waals surface area contributed by atoms with Gasteiger partial charge in [-0.1, -0.05) is 18.2 Å². The molecule has 128 valence electrons.